The van der Waals surface area contributed by atoms with Crippen LogP contribution in [0.2, 0.25) is 0 Å². The number of hydrogen-bond acceptors (Lipinski definition) is 5. The molecule has 5 nitrogen and oxygen atoms in total. The van der Waals surface area contributed by atoms with Gasteiger partial charge in [0.1, 0.15) is 17.2 Å². The lowest BCUT2D eigenvalue weighted by Gasteiger charge is -2.26. The second kappa shape index (κ2) is 7.13. The maximum atomic E-state index is 5.82. The van der Waals surface area contributed by atoms with Crippen molar-refractivity contribution in [2.24, 2.45) is 4.99 Å². The van der Waals surface area contributed by atoms with Crippen molar-refractivity contribution in [2.75, 3.05) is 37.8 Å². The van der Waals surface area contributed by atoms with Crippen molar-refractivity contribution in [2.45, 2.75) is 6.92 Å². The first-order valence-corrected chi connectivity index (χ1v) is 7.55. The molecule has 0 N–H and O–H groups in total. The van der Waals surface area contributed by atoms with Crippen LogP contribution in [0.25, 0.3) is 0 Å². The summed E-state index contributed by atoms with van der Waals surface area (Å²) in [5.41, 5.74) is 0.800. The van der Waals surface area contributed by atoms with Crippen LogP contribution in [-0.2, 0) is 4.74 Å². The highest BCUT2D eigenvalue weighted by Gasteiger charge is 2.14. The van der Waals surface area contributed by atoms with Crippen LogP contribution in [-0.4, -0.2) is 39.1 Å². The van der Waals surface area contributed by atoms with Crippen LogP contribution in [0.3, 0.4) is 0 Å². The van der Waals surface area contributed by atoms with E-state index in [9.17, 15) is 0 Å². The van der Waals surface area contributed by atoms with Crippen molar-refractivity contribution >= 4 is 17.8 Å². The fourth-order valence-corrected chi connectivity index (χ4v) is 2.34. The van der Waals surface area contributed by atoms with Crippen molar-refractivity contribution in [1.82, 2.24) is 0 Å². The number of aliphatic imine (C=N–C) groups is 1. The molecule has 2 aromatic rings. The molecule has 1 aromatic heterocycles. The smallest absolute Gasteiger partial charge is 0.196 e. The Bertz CT molecular complexity index is 630. The molecule has 22 heavy (non-hydrogen) atoms. The van der Waals surface area contributed by atoms with E-state index < -0.39 is 0 Å². The van der Waals surface area contributed by atoms with Gasteiger partial charge >= 0.3 is 0 Å². The number of hydrogen-bond donors (Lipinski definition) is 0. The summed E-state index contributed by atoms with van der Waals surface area (Å²) in [4.78, 5) is 6.64. The Morgan fingerprint density at radius 1 is 1.18 bits per heavy atom. The fourth-order valence-electron chi connectivity index (χ4n) is 2.34. The minimum absolute atomic E-state index is 0.620. The third-order valence-electron chi connectivity index (χ3n) is 3.43. The molecule has 1 aliphatic heterocycles. The van der Waals surface area contributed by atoms with Gasteiger partial charge in [0.2, 0.25) is 0 Å². The van der Waals surface area contributed by atoms with Crippen molar-refractivity contribution in [1.29, 1.82) is 0 Å². The third-order valence-corrected chi connectivity index (χ3v) is 3.43. The summed E-state index contributed by atoms with van der Waals surface area (Å²) in [6, 6.07) is 11.6. The molecule has 116 valence electrons. The third kappa shape index (κ3) is 3.49. The Balaban J connectivity index is 1.72. The number of para-hydroxylation sites is 2. The lowest BCUT2D eigenvalue weighted by atomic mass is 10.3. The van der Waals surface area contributed by atoms with Crippen LogP contribution in [0.5, 0.6) is 5.75 Å². The molecular weight excluding hydrogens is 280 g/mol. The maximum absolute atomic E-state index is 5.82. The SMILES string of the molecule is CCOc1ccccc1N=Cc1ccc(N2CCOCC2)o1. The van der Waals surface area contributed by atoms with E-state index in [-0.39, 0.29) is 0 Å². The van der Waals surface area contributed by atoms with E-state index in [1.807, 2.05) is 43.3 Å². The van der Waals surface area contributed by atoms with Gasteiger partial charge in [0.05, 0.1) is 26.0 Å². The van der Waals surface area contributed by atoms with Gasteiger partial charge in [-0.3, -0.25) is 0 Å². The van der Waals surface area contributed by atoms with Crippen LogP contribution in [0, 0.1) is 0 Å². The molecule has 0 aliphatic carbocycles. The highest BCUT2D eigenvalue weighted by molar-refractivity contribution is 5.80. The molecule has 0 atom stereocenters. The van der Waals surface area contributed by atoms with E-state index in [1.54, 1.807) is 6.21 Å². The van der Waals surface area contributed by atoms with Gasteiger partial charge in [-0.15, -0.1) is 0 Å². The van der Waals surface area contributed by atoms with Gasteiger partial charge in [-0.25, -0.2) is 4.99 Å². The predicted octanol–water partition coefficient (Wildman–Crippen LogP) is 3.27. The maximum Gasteiger partial charge on any atom is 0.196 e. The monoisotopic (exact) mass is 300 g/mol. The lowest BCUT2D eigenvalue weighted by molar-refractivity contribution is 0.120. The number of ether oxygens (including phenoxy) is 2. The average Bonchev–Trinajstić information content (AvgIpc) is 3.04. The largest absolute Gasteiger partial charge is 0.492 e. The van der Waals surface area contributed by atoms with Crippen molar-refractivity contribution in [3.8, 4) is 5.75 Å². The number of rotatable bonds is 5. The van der Waals surface area contributed by atoms with Gasteiger partial charge in [-0.2, -0.15) is 0 Å². The summed E-state index contributed by atoms with van der Waals surface area (Å²) in [6.45, 7) is 5.78. The predicted molar refractivity (Wildman–Crippen MR) is 86.6 cm³/mol. The second-order valence-corrected chi connectivity index (χ2v) is 4.93. The summed E-state index contributed by atoms with van der Waals surface area (Å²) >= 11 is 0. The number of anilines is 1. The molecule has 0 spiro atoms. The molecule has 3 rings (SSSR count). The minimum atomic E-state index is 0.620. The molecule has 0 saturated carbocycles. The number of furan rings is 1. The molecular formula is C17H20N2O3. The van der Waals surface area contributed by atoms with Gasteiger partial charge in [0.15, 0.2) is 5.88 Å². The van der Waals surface area contributed by atoms with Crippen LogP contribution < -0.4 is 9.64 Å². The summed E-state index contributed by atoms with van der Waals surface area (Å²) in [5.74, 6) is 2.37. The van der Waals surface area contributed by atoms with Crippen molar-refractivity contribution < 1.29 is 13.9 Å². The van der Waals surface area contributed by atoms with Crippen LogP contribution in [0.1, 0.15) is 12.7 Å². The quantitative estimate of drug-likeness (QED) is 0.795. The van der Waals surface area contributed by atoms with Gasteiger partial charge in [-0.1, -0.05) is 12.1 Å². The molecule has 2 heterocycles. The molecule has 0 bridgehead atoms. The molecule has 0 radical (unpaired) electrons. The molecule has 1 fully saturated rings. The normalized spacial score (nSPS) is 15.4. The number of morpholine rings is 1. The zero-order valence-corrected chi connectivity index (χ0v) is 12.7. The van der Waals surface area contributed by atoms with E-state index in [0.717, 1.165) is 49.4 Å². The first kappa shape index (κ1) is 14.7. The Morgan fingerprint density at radius 2 is 2.00 bits per heavy atom. The van der Waals surface area contributed by atoms with Gasteiger partial charge in [0, 0.05) is 19.2 Å². The minimum Gasteiger partial charge on any atom is -0.492 e. The first-order chi connectivity index (χ1) is 10.9. The molecule has 1 aliphatic rings. The Kier molecular flexibility index (Phi) is 4.75. The van der Waals surface area contributed by atoms with Crippen LogP contribution >= 0.6 is 0 Å². The van der Waals surface area contributed by atoms with Crippen molar-refractivity contribution in [3.05, 3.63) is 42.2 Å². The topological polar surface area (TPSA) is 47.2 Å². The molecule has 5 heteroatoms. The number of nitrogens with zero attached hydrogens (tertiary/aromatic N) is 2. The summed E-state index contributed by atoms with van der Waals surface area (Å²) in [5, 5.41) is 0. The highest BCUT2D eigenvalue weighted by atomic mass is 16.5. The Hall–Kier alpha value is -2.27. The molecule has 0 amide bonds. The molecule has 0 unspecified atom stereocenters. The first-order valence-electron chi connectivity index (χ1n) is 7.55. The fraction of sp³-hybridized carbons (Fsp3) is 0.353. The summed E-state index contributed by atoms with van der Waals surface area (Å²) in [6.07, 6.45) is 1.72. The van der Waals surface area contributed by atoms with E-state index in [2.05, 4.69) is 9.89 Å². The lowest BCUT2D eigenvalue weighted by Crippen LogP contribution is -2.35. The van der Waals surface area contributed by atoms with Gasteiger partial charge in [-0.05, 0) is 25.1 Å². The van der Waals surface area contributed by atoms with Gasteiger partial charge < -0.3 is 18.8 Å². The summed E-state index contributed by atoms with van der Waals surface area (Å²) < 4.78 is 16.7. The van der Waals surface area contributed by atoms with Crippen molar-refractivity contribution in [3.63, 3.8) is 0 Å². The standard InChI is InChI=1S/C17H20N2O3/c1-2-21-16-6-4-3-5-15(16)18-13-14-7-8-17(22-14)19-9-11-20-12-10-19/h3-8,13H,2,9-12H2,1H3. The Labute approximate surface area is 130 Å². The zero-order chi connectivity index (χ0) is 15.2. The van der Waals surface area contributed by atoms with E-state index in [4.69, 9.17) is 13.9 Å². The summed E-state index contributed by atoms with van der Waals surface area (Å²) in [7, 11) is 0. The average molecular weight is 300 g/mol. The van der Waals surface area contributed by atoms with E-state index in [0.29, 0.717) is 6.61 Å². The Morgan fingerprint density at radius 3 is 2.82 bits per heavy atom. The molecule has 1 aromatic carbocycles. The zero-order valence-electron chi connectivity index (χ0n) is 12.7. The number of benzene rings is 1. The van der Waals surface area contributed by atoms with Crippen LogP contribution in [0.4, 0.5) is 11.6 Å². The second-order valence-electron chi connectivity index (χ2n) is 4.93. The highest BCUT2D eigenvalue weighted by Crippen LogP contribution is 2.27. The molecule has 1 saturated heterocycles. The van der Waals surface area contributed by atoms with Gasteiger partial charge in [0.25, 0.3) is 0 Å². The van der Waals surface area contributed by atoms with E-state index in [1.165, 1.54) is 0 Å². The van der Waals surface area contributed by atoms with Crippen LogP contribution in [0.15, 0.2) is 45.8 Å². The van der Waals surface area contributed by atoms with E-state index >= 15 is 0 Å².